The molecule has 2 fully saturated rings. The van der Waals surface area contributed by atoms with Crippen LogP contribution in [0.1, 0.15) is 64.9 Å². The summed E-state index contributed by atoms with van der Waals surface area (Å²) < 4.78 is 38.9. The van der Waals surface area contributed by atoms with Crippen LogP contribution in [0.25, 0.3) is 0 Å². The number of rotatable bonds is 4. The SMILES string of the molecule is O=C(NC12CCCC(NC(=O)c3cnccn3)(CC1)C2)c1cccc(C(F)(F)F)c1. The lowest BCUT2D eigenvalue weighted by Gasteiger charge is -2.40. The maximum atomic E-state index is 13.0. The highest BCUT2D eigenvalue weighted by atomic mass is 19.4. The number of amides is 2. The van der Waals surface area contributed by atoms with Crippen LogP contribution in [0.2, 0.25) is 0 Å². The molecule has 1 aromatic heterocycles. The van der Waals surface area contributed by atoms with Crippen molar-refractivity contribution < 1.29 is 22.8 Å². The maximum Gasteiger partial charge on any atom is 0.416 e. The van der Waals surface area contributed by atoms with Gasteiger partial charge >= 0.3 is 6.18 Å². The number of hydrogen-bond acceptors (Lipinski definition) is 4. The summed E-state index contributed by atoms with van der Waals surface area (Å²) in [6, 6.07) is 4.42. The third-order valence-electron chi connectivity index (χ3n) is 6.07. The molecule has 2 aliphatic rings. The van der Waals surface area contributed by atoms with Gasteiger partial charge in [-0.3, -0.25) is 14.6 Å². The van der Waals surface area contributed by atoms with Crippen molar-refractivity contribution in [2.24, 2.45) is 0 Å². The molecule has 1 heterocycles. The van der Waals surface area contributed by atoms with Gasteiger partial charge in [-0.25, -0.2) is 4.98 Å². The van der Waals surface area contributed by atoms with Crippen molar-refractivity contribution in [2.45, 2.75) is 55.8 Å². The number of carbonyl (C=O) groups excluding carboxylic acids is 2. The summed E-state index contributed by atoms with van der Waals surface area (Å²) in [5, 5.41) is 6.04. The topological polar surface area (TPSA) is 84.0 Å². The molecule has 2 aliphatic carbocycles. The van der Waals surface area contributed by atoms with E-state index in [0.717, 1.165) is 31.4 Å². The number of fused-ring (bicyclic) bond motifs is 2. The number of nitrogens with zero attached hydrogens (tertiary/aromatic N) is 2. The zero-order valence-electron chi connectivity index (χ0n) is 16.1. The Morgan fingerprint density at radius 1 is 0.967 bits per heavy atom. The fraction of sp³-hybridized carbons (Fsp3) is 0.429. The van der Waals surface area contributed by atoms with Crippen molar-refractivity contribution in [1.29, 1.82) is 0 Å². The van der Waals surface area contributed by atoms with Gasteiger partial charge in [-0.15, -0.1) is 0 Å². The molecule has 2 amide bonds. The largest absolute Gasteiger partial charge is 0.416 e. The molecule has 2 saturated carbocycles. The predicted molar refractivity (Wildman–Crippen MR) is 102 cm³/mol. The lowest BCUT2D eigenvalue weighted by atomic mass is 9.78. The van der Waals surface area contributed by atoms with Gasteiger partial charge in [-0.1, -0.05) is 6.07 Å². The second kappa shape index (κ2) is 7.37. The second-order valence-electron chi connectivity index (χ2n) is 8.17. The first-order valence-corrected chi connectivity index (χ1v) is 9.79. The molecule has 1 aromatic carbocycles. The predicted octanol–water partition coefficient (Wildman–Crippen LogP) is 3.50. The number of aromatic nitrogens is 2. The number of hydrogen-bond donors (Lipinski definition) is 2. The van der Waals surface area contributed by atoms with Crippen molar-refractivity contribution in [1.82, 2.24) is 20.6 Å². The summed E-state index contributed by atoms with van der Waals surface area (Å²) in [6.45, 7) is 0. The van der Waals surface area contributed by atoms with Crippen LogP contribution in [0.5, 0.6) is 0 Å². The number of halogens is 3. The van der Waals surface area contributed by atoms with Crippen LogP contribution >= 0.6 is 0 Å². The van der Waals surface area contributed by atoms with Crippen LogP contribution in [0.4, 0.5) is 13.2 Å². The monoisotopic (exact) mass is 418 g/mol. The number of carbonyl (C=O) groups is 2. The van der Waals surface area contributed by atoms with Crippen LogP contribution in [-0.2, 0) is 6.18 Å². The Balaban J connectivity index is 1.48. The first-order valence-electron chi connectivity index (χ1n) is 9.79. The number of alkyl halides is 3. The molecule has 0 aliphatic heterocycles. The van der Waals surface area contributed by atoms with Gasteiger partial charge in [0.25, 0.3) is 11.8 Å². The van der Waals surface area contributed by atoms with Crippen molar-refractivity contribution >= 4 is 11.8 Å². The van der Waals surface area contributed by atoms with Gasteiger partial charge in [0.1, 0.15) is 5.69 Å². The van der Waals surface area contributed by atoms with Gasteiger partial charge < -0.3 is 10.6 Å². The van der Waals surface area contributed by atoms with E-state index in [0.29, 0.717) is 19.3 Å². The summed E-state index contributed by atoms with van der Waals surface area (Å²) in [7, 11) is 0. The Morgan fingerprint density at radius 2 is 1.67 bits per heavy atom. The van der Waals surface area contributed by atoms with E-state index in [9.17, 15) is 22.8 Å². The van der Waals surface area contributed by atoms with E-state index >= 15 is 0 Å². The van der Waals surface area contributed by atoms with E-state index in [-0.39, 0.29) is 17.2 Å². The summed E-state index contributed by atoms with van der Waals surface area (Å²) >= 11 is 0. The lowest BCUT2D eigenvalue weighted by Crippen LogP contribution is -2.55. The highest BCUT2D eigenvalue weighted by Crippen LogP contribution is 2.48. The molecule has 158 valence electrons. The summed E-state index contributed by atoms with van der Waals surface area (Å²) in [5.74, 6) is -0.843. The third kappa shape index (κ3) is 4.01. The van der Waals surface area contributed by atoms with E-state index in [1.807, 2.05) is 0 Å². The molecular formula is C21H21F3N4O2. The van der Waals surface area contributed by atoms with Crippen LogP contribution in [0.15, 0.2) is 42.9 Å². The molecule has 2 atom stereocenters. The molecule has 6 nitrogen and oxygen atoms in total. The van der Waals surface area contributed by atoms with Gasteiger partial charge in [0.2, 0.25) is 0 Å². The molecule has 2 bridgehead atoms. The van der Waals surface area contributed by atoms with Crippen molar-refractivity contribution in [3.63, 3.8) is 0 Å². The van der Waals surface area contributed by atoms with Gasteiger partial charge in [-0.05, 0) is 56.7 Å². The molecule has 2 aromatic rings. The fourth-order valence-electron chi connectivity index (χ4n) is 4.70. The zero-order chi connectivity index (χ0) is 21.4. The lowest BCUT2D eigenvalue weighted by molar-refractivity contribution is -0.137. The van der Waals surface area contributed by atoms with Crippen molar-refractivity contribution in [3.8, 4) is 0 Å². The molecule has 9 heteroatoms. The number of nitrogens with one attached hydrogen (secondary N) is 2. The zero-order valence-corrected chi connectivity index (χ0v) is 16.1. The Bertz CT molecular complexity index is 966. The van der Waals surface area contributed by atoms with Crippen molar-refractivity contribution in [3.05, 3.63) is 59.7 Å². The molecular weight excluding hydrogens is 397 g/mol. The van der Waals surface area contributed by atoms with E-state index in [1.54, 1.807) is 0 Å². The van der Waals surface area contributed by atoms with Crippen LogP contribution in [-0.4, -0.2) is 32.9 Å². The Labute approximate surface area is 171 Å². The third-order valence-corrected chi connectivity index (χ3v) is 6.07. The van der Waals surface area contributed by atoms with Crippen molar-refractivity contribution in [2.75, 3.05) is 0 Å². The molecule has 0 radical (unpaired) electrons. The molecule has 0 saturated heterocycles. The number of benzene rings is 1. The molecule has 30 heavy (non-hydrogen) atoms. The summed E-state index contributed by atoms with van der Waals surface area (Å²) in [4.78, 5) is 33.2. The Hall–Kier alpha value is -2.97. The Morgan fingerprint density at radius 3 is 2.30 bits per heavy atom. The molecule has 2 unspecified atom stereocenters. The van der Waals surface area contributed by atoms with Crippen LogP contribution < -0.4 is 10.6 Å². The Kier molecular flexibility index (Phi) is 4.99. The summed E-state index contributed by atoms with van der Waals surface area (Å²) in [6.07, 6.45) is 3.99. The van der Waals surface area contributed by atoms with E-state index in [2.05, 4.69) is 20.6 Å². The van der Waals surface area contributed by atoms with E-state index in [1.165, 1.54) is 30.7 Å². The smallest absolute Gasteiger partial charge is 0.347 e. The minimum Gasteiger partial charge on any atom is -0.347 e. The van der Waals surface area contributed by atoms with E-state index in [4.69, 9.17) is 0 Å². The fourth-order valence-corrected chi connectivity index (χ4v) is 4.70. The molecule has 4 rings (SSSR count). The second-order valence-corrected chi connectivity index (χ2v) is 8.17. The van der Waals surface area contributed by atoms with E-state index < -0.39 is 28.7 Å². The van der Waals surface area contributed by atoms with Gasteiger partial charge in [-0.2, -0.15) is 13.2 Å². The molecule has 2 N–H and O–H groups in total. The molecule has 0 spiro atoms. The normalized spacial score (nSPS) is 25.6. The average molecular weight is 418 g/mol. The average Bonchev–Trinajstić information content (AvgIpc) is 2.97. The highest BCUT2D eigenvalue weighted by molar-refractivity contribution is 5.95. The van der Waals surface area contributed by atoms with Gasteiger partial charge in [0.15, 0.2) is 0 Å². The first-order chi connectivity index (χ1) is 14.2. The first kappa shape index (κ1) is 20.3. The minimum absolute atomic E-state index is 0.0223. The quantitative estimate of drug-likeness (QED) is 0.796. The summed E-state index contributed by atoms with van der Waals surface area (Å²) in [5.41, 5.74) is -1.66. The van der Waals surface area contributed by atoms with Gasteiger partial charge in [0, 0.05) is 29.0 Å². The van der Waals surface area contributed by atoms with Crippen LogP contribution in [0.3, 0.4) is 0 Å². The standard InChI is InChI=1S/C21H21F3N4O2/c22-21(23,24)15-4-1-3-14(11-15)17(29)27-19-5-2-6-20(13-19,8-7-19)28-18(30)16-12-25-9-10-26-16/h1,3-4,9-12H,2,5-8,13H2,(H,27,29)(H,28,30). The maximum absolute atomic E-state index is 13.0. The minimum atomic E-state index is -4.51. The highest BCUT2D eigenvalue weighted by Gasteiger charge is 2.52. The van der Waals surface area contributed by atoms with Gasteiger partial charge in [0.05, 0.1) is 11.8 Å². The van der Waals surface area contributed by atoms with Crippen LogP contribution in [0, 0.1) is 0 Å².